The maximum Gasteiger partial charge on any atom is 0.253 e. The van der Waals surface area contributed by atoms with Gasteiger partial charge in [-0.2, -0.15) is 0 Å². The third-order valence-electron chi connectivity index (χ3n) is 9.70. The maximum absolute atomic E-state index is 13.8. The number of benzene rings is 1. The van der Waals surface area contributed by atoms with Gasteiger partial charge in [-0.1, -0.05) is 31.8 Å². The SMILES string of the molecule is C[Si](C)(C)CCOCn1cnc(CCN2C(=O)C(N)C(=O)N(CC34CC5CC(CC(C5)C3)C4)c3ccccc32)c1. The minimum Gasteiger partial charge on any atom is -0.361 e. The summed E-state index contributed by atoms with van der Waals surface area (Å²) in [5, 5.41) is 0. The van der Waals surface area contributed by atoms with Crippen LogP contribution in [0, 0.1) is 23.2 Å². The van der Waals surface area contributed by atoms with E-state index < -0.39 is 14.1 Å². The molecule has 1 atom stereocenters. The Morgan fingerprint density at radius 1 is 0.975 bits per heavy atom. The summed E-state index contributed by atoms with van der Waals surface area (Å²) in [7, 11) is -1.12. The van der Waals surface area contributed by atoms with Gasteiger partial charge in [-0.15, -0.1) is 0 Å². The standard InChI is InChI=1S/C31H45N5O3Si/c1-40(2,3)11-10-39-21-34-18-25(33-20-34)8-9-35-26-6-4-5-7-27(26)36(30(38)28(32)29(35)37)19-31-15-22-12-23(16-31)14-24(13-22)17-31/h4-7,18,20,22-24,28H,8-17,19,21,32H2,1-3H3. The number of rotatable bonds is 10. The van der Waals surface area contributed by atoms with Gasteiger partial charge in [0.2, 0.25) is 0 Å². The van der Waals surface area contributed by atoms with Gasteiger partial charge in [-0.05, 0) is 79.9 Å². The molecule has 0 saturated heterocycles. The van der Waals surface area contributed by atoms with Crippen molar-refractivity contribution in [3.8, 4) is 0 Å². The van der Waals surface area contributed by atoms with Crippen molar-refractivity contribution < 1.29 is 14.3 Å². The Bertz CT molecular complexity index is 1220. The molecule has 2 amide bonds. The lowest BCUT2D eigenvalue weighted by Gasteiger charge is -2.57. The number of carbonyl (C=O) groups is 2. The molecule has 8 nitrogen and oxygen atoms in total. The zero-order valence-corrected chi connectivity index (χ0v) is 25.3. The van der Waals surface area contributed by atoms with Crippen LogP contribution in [-0.4, -0.2) is 55.2 Å². The van der Waals surface area contributed by atoms with Crippen LogP contribution in [0.15, 0.2) is 36.8 Å². The molecule has 7 rings (SSSR count). The van der Waals surface area contributed by atoms with E-state index in [1.165, 1.54) is 38.5 Å². The zero-order chi connectivity index (χ0) is 28.1. The molecule has 2 aromatic rings. The number of anilines is 2. The molecule has 1 aliphatic heterocycles. The van der Waals surface area contributed by atoms with E-state index >= 15 is 0 Å². The highest BCUT2D eigenvalue weighted by Crippen LogP contribution is 2.60. The monoisotopic (exact) mass is 563 g/mol. The number of nitrogens with zero attached hydrogens (tertiary/aromatic N) is 4. The van der Waals surface area contributed by atoms with Crippen molar-refractivity contribution in [3.63, 3.8) is 0 Å². The summed E-state index contributed by atoms with van der Waals surface area (Å²) in [6.45, 7) is 9.34. The van der Waals surface area contributed by atoms with Gasteiger partial charge in [0.05, 0.1) is 23.4 Å². The van der Waals surface area contributed by atoms with Gasteiger partial charge in [0.15, 0.2) is 6.04 Å². The largest absolute Gasteiger partial charge is 0.361 e. The van der Waals surface area contributed by atoms with Crippen molar-refractivity contribution >= 4 is 31.3 Å². The Morgan fingerprint density at radius 3 is 2.20 bits per heavy atom. The van der Waals surface area contributed by atoms with Crippen molar-refractivity contribution in [2.45, 2.75) is 83.4 Å². The first-order chi connectivity index (χ1) is 19.1. The molecule has 40 heavy (non-hydrogen) atoms. The number of imidazole rings is 1. The first-order valence-electron chi connectivity index (χ1n) is 15.1. The number of carbonyl (C=O) groups excluding carboxylic acids is 2. The van der Waals surface area contributed by atoms with Crippen LogP contribution >= 0.6 is 0 Å². The quantitative estimate of drug-likeness (QED) is 0.258. The number of ether oxygens (including phenoxy) is 1. The molecule has 0 spiro atoms. The van der Waals surface area contributed by atoms with E-state index in [1.807, 2.05) is 39.9 Å². The molecular formula is C31H45N5O3Si. The van der Waals surface area contributed by atoms with Crippen LogP contribution in [0.3, 0.4) is 0 Å². The van der Waals surface area contributed by atoms with Crippen LogP contribution < -0.4 is 15.5 Å². The molecule has 216 valence electrons. The molecule has 4 bridgehead atoms. The van der Waals surface area contributed by atoms with Crippen molar-refractivity contribution in [2.75, 3.05) is 29.5 Å². The molecule has 4 saturated carbocycles. The third kappa shape index (κ3) is 5.65. The van der Waals surface area contributed by atoms with Gasteiger partial charge in [0.25, 0.3) is 11.8 Å². The summed E-state index contributed by atoms with van der Waals surface area (Å²) in [6.07, 6.45) is 12.0. The number of amides is 2. The predicted octanol–water partition coefficient (Wildman–Crippen LogP) is 4.66. The second-order valence-corrected chi connectivity index (χ2v) is 19.9. The van der Waals surface area contributed by atoms with E-state index in [1.54, 1.807) is 11.2 Å². The summed E-state index contributed by atoms with van der Waals surface area (Å²) < 4.78 is 7.80. The number of hydrogen-bond donors (Lipinski definition) is 1. The molecule has 4 aliphatic carbocycles. The molecule has 5 aliphatic rings. The molecule has 4 fully saturated rings. The lowest BCUT2D eigenvalue weighted by atomic mass is 9.49. The number of fused-ring (bicyclic) bond motifs is 1. The normalized spacial score (nSPS) is 29.7. The second-order valence-electron chi connectivity index (χ2n) is 14.3. The van der Waals surface area contributed by atoms with E-state index in [4.69, 9.17) is 10.5 Å². The summed E-state index contributed by atoms with van der Waals surface area (Å²) in [6, 6.07) is 7.77. The molecule has 2 heterocycles. The van der Waals surface area contributed by atoms with Crippen molar-refractivity contribution in [3.05, 3.63) is 42.5 Å². The van der Waals surface area contributed by atoms with E-state index in [2.05, 4.69) is 24.6 Å². The van der Waals surface area contributed by atoms with E-state index in [9.17, 15) is 9.59 Å². The fraction of sp³-hybridized carbons (Fsp3) is 0.645. The fourth-order valence-electron chi connectivity index (χ4n) is 8.19. The van der Waals surface area contributed by atoms with Crippen molar-refractivity contribution in [1.82, 2.24) is 9.55 Å². The van der Waals surface area contributed by atoms with Crippen LogP contribution in [0.1, 0.15) is 44.2 Å². The van der Waals surface area contributed by atoms with Gasteiger partial charge in [-0.25, -0.2) is 4.98 Å². The van der Waals surface area contributed by atoms with Gasteiger partial charge in [0.1, 0.15) is 6.73 Å². The predicted molar refractivity (Wildman–Crippen MR) is 160 cm³/mol. The summed E-state index contributed by atoms with van der Waals surface area (Å²) in [5.74, 6) is 1.78. The Labute approximate surface area is 239 Å². The fourth-order valence-corrected chi connectivity index (χ4v) is 8.95. The molecule has 0 radical (unpaired) electrons. The van der Waals surface area contributed by atoms with E-state index in [0.717, 1.165) is 47.5 Å². The summed E-state index contributed by atoms with van der Waals surface area (Å²) in [5.41, 5.74) is 9.02. The smallest absolute Gasteiger partial charge is 0.253 e. The summed E-state index contributed by atoms with van der Waals surface area (Å²) in [4.78, 5) is 35.5. The molecule has 1 unspecified atom stereocenters. The lowest BCUT2D eigenvalue weighted by molar-refractivity contribution is -0.128. The molecule has 2 N–H and O–H groups in total. The number of hydrogen-bond acceptors (Lipinski definition) is 5. The second kappa shape index (κ2) is 10.7. The topological polar surface area (TPSA) is 93.7 Å². The molecular weight excluding hydrogens is 518 g/mol. The minimum atomic E-state index is -1.20. The van der Waals surface area contributed by atoms with Crippen molar-refractivity contribution in [1.29, 1.82) is 0 Å². The number of nitrogens with two attached hydrogens (primary N) is 1. The van der Waals surface area contributed by atoms with Crippen LogP contribution in [-0.2, 0) is 27.5 Å². The molecule has 1 aromatic heterocycles. The summed E-state index contributed by atoms with van der Waals surface area (Å²) >= 11 is 0. The van der Waals surface area contributed by atoms with Gasteiger partial charge in [-0.3, -0.25) is 9.59 Å². The molecule has 9 heteroatoms. The Hall–Kier alpha value is -2.49. The lowest BCUT2D eigenvalue weighted by Crippen LogP contribution is -2.56. The number of aromatic nitrogens is 2. The Balaban J connectivity index is 1.17. The first kappa shape index (κ1) is 27.7. The first-order valence-corrected chi connectivity index (χ1v) is 18.9. The van der Waals surface area contributed by atoms with Crippen LogP contribution in [0.5, 0.6) is 0 Å². The minimum absolute atomic E-state index is 0.152. The highest BCUT2D eigenvalue weighted by molar-refractivity contribution is 6.76. The highest BCUT2D eigenvalue weighted by Gasteiger charge is 2.52. The van der Waals surface area contributed by atoms with Crippen LogP contribution in [0.25, 0.3) is 0 Å². The Morgan fingerprint density at radius 2 is 1.57 bits per heavy atom. The van der Waals surface area contributed by atoms with Crippen LogP contribution in [0.4, 0.5) is 11.4 Å². The van der Waals surface area contributed by atoms with Gasteiger partial charge in [0, 0.05) is 40.4 Å². The third-order valence-corrected chi connectivity index (χ3v) is 11.4. The average Bonchev–Trinajstić information content (AvgIpc) is 3.33. The highest BCUT2D eigenvalue weighted by atomic mass is 28.3. The zero-order valence-electron chi connectivity index (χ0n) is 24.3. The number of para-hydroxylation sites is 2. The van der Waals surface area contributed by atoms with Crippen molar-refractivity contribution in [2.24, 2.45) is 28.9 Å². The molecule has 1 aromatic carbocycles. The van der Waals surface area contributed by atoms with Gasteiger partial charge < -0.3 is 24.8 Å². The maximum atomic E-state index is 13.8. The van der Waals surface area contributed by atoms with Gasteiger partial charge >= 0.3 is 0 Å². The average molecular weight is 564 g/mol. The van der Waals surface area contributed by atoms with E-state index in [0.29, 0.717) is 26.2 Å². The Kier molecular flexibility index (Phi) is 7.42. The van der Waals surface area contributed by atoms with Crippen LogP contribution in [0.2, 0.25) is 25.7 Å². The van der Waals surface area contributed by atoms with E-state index in [-0.39, 0.29) is 17.2 Å².